The van der Waals surface area contributed by atoms with Gasteiger partial charge in [0.15, 0.2) is 0 Å². The normalized spacial score (nSPS) is 18.3. The fourth-order valence-electron chi connectivity index (χ4n) is 2.19. The Morgan fingerprint density at radius 1 is 1.53 bits per heavy atom. The van der Waals surface area contributed by atoms with Crippen LogP contribution in [-0.4, -0.2) is 31.2 Å². The van der Waals surface area contributed by atoms with E-state index in [0.29, 0.717) is 18.3 Å². The number of nitro groups is 1. The molecule has 1 fully saturated rings. The number of rotatable bonds is 6. The van der Waals surface area contributed by atoms with E-state index in [9.17, 15) is 10.1 Å². The van der Waals surface area contributed by atoms with E-state index in [2.05, 4.69) is 10.6 Å². The molecule has 0 aliphatic carbocycles. The van der Waals surface area contributed by atoms with Gasteiger partial charge in [-0.1, -0.05) is 0 Å². The van der Waals surface area contributed by atoms with Crippen LogP contribution < -0.4 is 15.4 Å². The van der Waals surface area contributed by atoms with Crippen molar-refractivity contribution in [3.05, 3.63) is 28.3 Å². The number of hydrogen-bond donors (Lipinski definition) is 2. The summed E-state index contributed by atoms with van der Waals surface area (Å²) in [5.74, 6) is 1.11. The van der Waals surface area contributed by atoms with E-state index in [0.717, 1.165) is 31.7 Å². The van der Waals surface area contributed by atoms with Crippen molar-refractivity contribution in [1.29, 1.82) is 0 Å². The third kappa shape index (κ3) is 3.82. The number of anilines is 1. The summed E-state index contributed by atoms with van der Waals surface area (Å²) in [5, 5.41) is 17.4. The van der Waals surface area contributed by atoms with Gasteiger partial charge in [-0.3, -0.25) is 10.1 Å². The van der Waals surface area contributed by atoms with Gasteiger partial charge in [0.05, 0.1) is 17.6 Å². The molecule has 0 amide bonds. The van der Waals surface area contributed by atoms with Gasteiger partial charge in [-0.25, -0.2) is 0 Å². The van der Waals surface area contributed by atoms with Crippen LogP contribution in [0.25, 0.3) is 0 Å². The Labute approximate surface area is 112 Å². The van der Waals surface area contributed by atoms with Gasteiger partial charge >= 0.3 is 0 Å². The smallest absolute Gasteiger partial charge is 0.275 e. The minimum Gasteiger partial charge on any atom is -0.494 e. The molecule has 0 saturated carbocycles. The maximum Gasteiger partial charge on any atom is 0.275 e. The van der Waals surface area contributed by atoms with Crippen molar-refractivity contribution in [1.82, 2.24) is 5.32 Å². The van der Waals surface area contributed by atoms with Crippen LogP contribution in [0.1, 0.15) is 13.3 Å². The van der Waals surface area contributed by atoms with Crippen molar-refractivity contribution in [2.45, 2.75) is 13.3 Å². The number of nitro benzene ring substituents is 1. The minimum absolute atomic E-state index is 0.0537. The lowest BCUT2D eigenvalue weighted by Crippen LogP contribution is -2.17. The molecule has 1 aromatic rings. The summed E-state index contributed by atoms with van der Waals surface area (Å²) in [6.07, 6.45) is 1.14. The zero-order chi connectivity index (χ0) is 13.7. The third-order valence-electron chi connectivity index (χ3n) is 3.17. The minimum atomic E-state index is -0.398. The standard InChI is InChI=1S/C13H19N3O3/c1-2-19-13-6-11(5-12(7-13)16(17)18)15-9-10-3-4-14-8-10/h5-7,10,14-15H,2-4,8-9H2,1H3. The van der Waals surface area contributed by atoms with Crippen LogP contribution in [0.4, 0.5) is 11.4 Å². The lowest BCUT2D eigenvalue weighted by Gasteiger charge is -2.12. The lowest BCUT2D eigenvalue weighted by atomic mass is 10.1. The van der Waals surface area contributed by atoms with Gasteiger partial charge in [-0.05, 0) is 32.4 Å². The fraction of sp³-hybridized carbons (Fsp3) is 0.538. The summed E-state index contributed by atoms with van der Waals surface area (Å²) in [5.41, 5.74) is 0.794. The average molecular weight is 265 g/mol. The Morgan fingerprint density at radius 2 is 2.37 bits per heavy atom. The summed E-state index contributed by atoms with van der Waals surface area (Å²) < 4.78 is 5.35. The van der Waals surface area contributed by atoms with Crippen LogP contribution in [0.3, 0.4) is 0 Å². The summed E-state index contributed by atoms with van der Waals surface area (Å²) in [4.78, 5) is 10.5. The topological polar surface area (TPSA) is 76.4 Å². The fourth-order valence-corrected chi connectivity index (χ4v) is 2.19. The first-order valence-electron chi connectivity index (χ1n) is 6.56. The number of hydrogen-bond acceptors (Lipinski definition) is 5. The van der Waals surface area contributed by atoms with E-state index in [1.165, 1.54) is 6.07 Å². The Balaban J connectivity index is 2.06. The number of nitrogens with zero attached hydrogens (tertiary/aromatic N) is 1. The zero-order valence-corrected chi connectivity index (χ0v) is 11.0. The molecule has 0 radical (unpaired) electrons. The molecular weight excluding hydrogens is 246 g/mol. The molecule has 1 unspecified atom stereocenters. The van der Waals surface area contributed by atoms with Gasteiger partial charge in [0.2, 0.25) is 0 Å². The van der Waals surface area contributed by atoms with E-state index < -0.39 is 4.92 Å². The summed E-state index contributed by atoms with van der Waals surface area (Å²) in [6, 6.07) is 4.80. The highest BCUT2D eigenvalue weighted by molar-refractivity contribution is 5.56. The van der Waals surface area contributed by atoms with Crippen LogP contribution in [0.2, 0.25) is 0 Å². The molecule has 0 aromatic heterocycles. The highest BCUT2D eigenvalue weighted by Gasteiger charge is 2.15. The summed E-state index contributed by atoms with van der Waals surface area (Å²) >= 11 is 0. The number of benzene rings is 1. The first-order valence-corrected chi connectivity index (χ1v) is 6.56. The Morgan fingerprint density at radius 3 is 3.00 bits per heavy atom. The third-order valence-corrected chi connectivity index (χ3v) is 3.17. The van der Waals surface area contributed by atoms with E-state index in [1.807, 2.05) is 6.92 Å². The average Bonchev–Trinajstić information content (AvgIpc) is 2.89. The molecule has 2 N–H and O–H groups in total. The lowest BCUT2D eigenvalue weighted by molar-refractivity contribution is -0.384. The molecule has 1 saturated heterocycles. The van der Waals surface area contributed by atoms with Crippen LogP contribution in [0.15, 0.2) is 18.2 Å². The first kappa shape index (κ1) is 13.6. The Hall–Kier alpha value is -1.82. The van der Waals surface area contributed by atoms with E-state index in [-0.39, 0.29) is 5.69 Å². The number of nitrogens with one attached hydrogen (secondary N) is 2. The van der Waals surface area contributed by atoms with Crippen LogP contribution in [-0.2, 0) is 0 Å². The summed E-state index contributed by atoms with van der Waals surface area (Å²) in [7, 11) is 0. The Kier molecular flexibility index (Phi) is 4.57. The number of ether oxygens (including phenoxy) is 1. The molecule has 104 valence electrons. The predicted molar refractivity (Wildman–Crippen MR) is 73.7 cm³/mol. The predicted octanol–water partition coefficient (Wildman–Crippen LogP) is 2.01. The van der Waals surface area contributed by atoms with E-state index in [4.69, 9.17) is 4.74 Å². The number of non-ortho nitro benzene ring substituents is 1. The van der Waals surface area contributed by atoms with Crippen LogP contribution in [0.5, 0.6) is 5.75 Å². The molecule has 1 heterocycles. The molecule has 0 spiro atoms. The second-order valence-corrected chi connectivity index (χ2v) is 4.65. The van der Waals surface area contributed by atoms with Crippen molar-refractivity contribution < 1.29 is 9.66 Å². The van der Waals surface area contributed by atoms with Gasteiger partial charge < -0.3 is 15.4 Å². The molecule has 2 rings (SSSR count). The van der Waals surface area contributed by atoms with E-state index >= 15 is 0 Å². The molecule has 1 aromatic carbocycles. The zero-order valence-electron chi connectivity index (χ0n) is 11.0. The van der Waals surface area contributed by atoms with Gasteiger partial charge in [0.1, 0.15) is 5.75 Å². The highest BCUT2D eigenvalue weighted by Crippen LogP contribution is 2.26. The van der Waals surface area contributed by atoms with Crippen molar-refractivity contribution in [3.8, 4) is 5.75 Å². The molecule has 6 heteroatoms. The van der Waals surface area contributed by atoms with Gasteiger partial charge in [-0.2, -0.15) is 0 Å². The second-order valence-electron chi connectivity index (χ2n) is 4.65. The second kappa shape index (κ2) is 6.38. The first-order chi connectivity index (χ1) is 9.19. The quantitative estimate of drug-likeness (QED) is 0.608. The monoisotopic (exact) mass is 265 g/mol. The van der Waals surface area contributed by atoms with Gasteiger partial charge in [0.25, 0.3) is 5.69 Å². The molecule has 1 aliphatic heterocycles. The molecule has 0 bridgehead atoms. The van der Waals surface area contributed by atoms with Crippen molar-refractivity contribution in [2.24, 2.45) is 5.92 Å². The van der Waals surface area contributed by atoms with Crippen LogP contribution >= 0.6 is 0 Å². The maximum absolute atomic E-state index is 10.9. The molecular formula is C13H19N3O3. The SMILES string of the molecule is CCOc1cc(NCC2CCNC2)cc([N+](=O)[O-])c1. The Bertz CT molecular complexity index is 445. The van der Waals surface area contributed by atoms with E-state index in [1.54, 1.807) is 12.1 Å². The van der Waals surface area contributed by atoms with Crippen LogP contribution in [0, 0.1) is 16.0 Å². The molecule has 19 heavy (non-hydrogen) atoms. The molecule has 1 atom stereocenters. The van der Waals surface area contributed by atoms with Gasteiger partial charge in [-0.15, -0.1) is 0 Å². The largest absolute Gasteiger partial charge is 0.494 e. The van der Waals surface area contributed by atoms with Crippen molar-refractivity contribution >= 4 is 11.4 Å². The highest BCUT2D eigenvalue weighted by atomic mass is 16.6. The maximum atomic E-state index is 10.9. The summed E-state index contributed by atoms with van der Waals surface area (Å²) in [6.45, 7) is 5.22. The van der Waals surface area contributed by atoms with Gasteiger partial charge in [0, 0.05) is 24.4 Å². The van der Waals surface area contributed by atoms with Crippen molar-refractivity contribution in [3.63, 3.8) is 0 Å². The van der Waals surface area contributed by atoms with Crippen molar-refractivity contribution in [2.75, 3.05) is 31.6 Å². The molecule has 6 nitrogen and oxygen atoms in total. The molecule has 1 aliphatic rings.